The van der Waals surface area contributed by atoms with Gasteiger partial charge in [-0.3, -0.25) is 9.59 Å². The Balaban J connectivity index is 1.89. The number of aliphatic carboxylic acids is 1. The summed E-state index contributed by atoms with van der Waals surface area (Å²) in [4.78, 5) is 23.7. The van der Waals surface area contributed by atoms with E-state index in [2.05, 4.69) is 5.10 Å². The van der Waals surface area contributed by atoms with Gasteiger partial charge in [-0.1, -0.05) is 11.6 Å². The van der Waals surface area contributed by atoms with Gasteiger partial charge in [0.2, 0.25) is 0 Å². The van der Waals surface area contributed by atoms with Crippen LogP contribution in [0.3, 0.4) is 0 Å². The molecule has 6 nitrogen and oxygen atoms in total. The number of fused-ring (bicyclic) bond motifs is 1. The van der Waals surface area contributed by atoms with Crippen LogP contribution in [0.1, 0.15) is 11.3 Å². The van der Waals surface area contributed by atoms with E-state index >= 15 is 0 Å². The van der Waals surface area contributed by atoms with Gasteiger partial charge in [-0.15, -0.1) is 0 Å². The summed E-state index contributed by atoms with van der Waals surface area (Å²) in [6, 6.07) is 10.9. The number of carbonyl (C=O) groups is 1. The van der Waals surface area contributed by atoms with Crippen molar-refractivity contribution < 1.29 is 18.7 Å². The summed E-state index contributed by atoms with van der Waals surface area (Å²) in [5, 5.41) is 14.8. The minimum atomic E-state index is -1.01. The van der Waals surface area contributed by atoms with Crippen LogP contribution >= 0.6 is 11.6 Å². The standard InChI is InChI=1S/C22H16ClF2N3O3/c1-12-22(16-9-14(23)2-6-19(16)27(12)11-21(30)31)18-5-7-20(29)28(26-18)10-13-8-15(24)3-4-17(13)25/h2-9H,10-11H2,1H3,(H,30,31). The monoisotopic (exact) mass is 443 g/mol. The van der Waals surface area contributed by atoms with Crippen molar-refractivity contribution in [1.82, 2.24) is 14.3 Å². The maximum Gasteiger partial charge on any atom is 0.323 e. The SMILES string of the molecule is Cc1c(-c2ccc(=O)n(Cc3cc(F)ccc3F)n2)c2cc(Cl)ccc2n1CC(=O)O. The molecular weight excluding hydrogens is 428 g/mol. The van der Waals surface area contributed by atoms with E-state index in [0.29, 0.717) is 32.9 Å². The average Bonchev–Trinajstić information content (AvgIpc) is 2.97. The topological polar surface area (TPSA) is 77.1 Å². The molecule has 4 aromatic rings. The molecule has 1 N–H and O–H groups in total. The Morgan fingerprint density at radius 2 is 1.90 bits per heavy atom. The highest BCUT2D eigenvalue weighted by Gasteiger charge is 2.19. The molecule has 0 spiro atoms. The first-order valence-corrected chi connectivity index (χ1v) is 9.65. The van der Waals surface area contributed by atoms with Crippen molar-refractivity contribution in [1.29, 1.82) is 0 Å². The molecule has 0 radical (unpaired) electrons. The van der Waals surface area contributed by atoms with Gasteiger partial charge in [0.05, 0.1) is 12.2 Å². The lowest BCUT2D eigenvalue weighted by Crippen LogP contribution is -2.23. The molecule has 0 bridgehead atoms. The lowest BCUT2D eigenvalue weighted by molar-refractivity contribution is -0.137. The van der Waals surface area contributed by atoms with Gasteiger partial charge in [0, 0.05) is 38.8 Å². The van der Waals surface area contributed by atoms with E-state index < -0.39 is 23.2 Å². The molecule has 0 saturated carbocycles. The number of benzene rings is 2. The second-order valence-corrected chi connectivity index (χ2v) is 7.49. The van der Waals surface area contributed by atoms with Gasteiger partial charge in [-0.05, 0) is 49.4 Å². The van der Waals surface area contributed by atoms with Crippen LogP contribution in [0, 0.1) is 18.6 Å². The second kappa shape index (κ2) is 7.96. The maximum atomic E-state index is 14.1. The molecule has 2 aromatic carbocycles. The van der Waals surface area contributed by atoms with Gasteiger partial charge in [0.1, 0.15) is 18.2 Å². The first kappa shape index (κ1) is 20.7. The molecule has 2 heterocycles. The van der Waals surface area contributed by atoms with E-state index in [4.69, 9.17) is 11.6 Å². The Bertz CT molecular complexity index is 1400. The number of nitrogens with zero attached hydrogens (tertiary/aromatic N) is 3. The fourth-order valence-corrected chi connectivity index (χ4v) is 3.81. The van der Waals surface area contributed by atoms with Crippen molar-refractivity contribution in [3.63, 3.8) is 0 Å². The number of hydrogen-bond donors (Lipinski definition) is 1. The molecule has 0 atom stereocenters. The van der Waals surface area contributed by atoms with Crippen molar-refractivity contribution in [3.8, 4) is 11.3 Å². The van der Waals surface area contributed by atoms with E-state index in [9.17, 15) is 23.5 Å². The minimum absolute atomic E-state index is 0.0141. The van der Waals surface area contributed by atoms with Crippen molar-refractivity contribution >= 4 is 28.5 Å². The molecule has 4 rings (SSSR count). The highest BCUT2D eigenvalue weighted by molar-refractivity contribution is 6.31. The molecule has 0 aliphatic rings. The van der Waals surface area contributed by atoms with E-state index in [0.717, 1.165) is 22.9 Å². The van der Waals surface area contributed by atoms with Gasteiger partial charge < -0.3 is 9.67 Å². The Kier molecular flexibility index (Phi) is 5.32. The zero-order chi connectivity index (χ0) is 22.3. The van der Waals surface area contributed by atoms with Crippen LogP contribution in [0.5, 0.6) is 0 Å². The van der Waals surface area contributed by atoms with Crippen molar-refractivity contribution in [2.24, 2.45) is 0 Å². The van der Waals surface area contributed by atoms with Gasteiger partial charge >= 0.3 is 5.97 Å². The zero-order valence-electron chi connectivity index (χ0n) is 16.3. The summed E-state index contributed by atoms with van der Waals surface area (Å²) < 4.78 is 30.3. The Morgan fingerprint density at radius 3 is 2.65 bits per heavy atom. The molecule has 0 unspecified atom stereocenters. The molecule has 2 aromatic heterocycles. The van der Waals surface area contributed by atoms with Crippen LogP contribution < -0.4 is 5.56 Å². The third kappa shape index (κ3) is 3.94. The van der Waals surface area contributed by atoms with E-state index in [1.54, 1.807) is 29.7 Å². The van der Waals surface area contributed by atoms with Crippen LogP contribution in [0.2, 0.25) is 5.02 Å². The van der Waals surface area contributed by atoms with Crippen LogP contribution in [0.4, 0.5) is 8.78 Å². The fraction of sp³-hybridized carbons (Fsp3) is 0.136. The van der Waals surface area contributed by atoms with E-state index in [1.165, 1.54) is 12.1 Å². The lowest BCUT2D eigenvalue weighted by atomic mass is 10.1. The van der Waals surface area contributed by atoms with Crippen molar-refractivity contribution in [2.75, 3.05) is 0 Å². The molecule has 0 aliphatic carbocycles. The van der Waals surface area contributed by atoms with Crippen LogP contribution in [0.25, 0.3) is 22.2 Å². The van der Waals surface area contributed by atoms with Gasteiger partial charge in [0.25, 0.3) is 5.56 Å². The number of carboxylic acid groups (broad SMARTS) is 1. The lowest BCUT2D eigenvalue weighted by Gasteiger charge is -2.09. The summed E-state index contributed by atoms with van der Waals surface area (Å²) in [6.07, 6.45) is 0. The van der Waals surface area contributed by atoms with Crippen LogP contribution in [0.15, 0.2) is 53.3 Å². The van der Waals surface area contributed by atoms with Crippen molar-refractivity contribution in [2.45, 2.75) is 20.0 Å². The third-order valence-corrected chi connectivity index (χ3v) is 5.26. The minimum Gasteiger partial charge on any atom is -0.480 e. The highest BCUT2D eigenvalue weighted by Crippen LogP contribution is 2.35. The molecular formula is C22H16ClF2N3O3. The van der Waals surface area contributed by atoms with E-state index in [1.807, 2.05) is 0 Å². The van der Waals surface area contributed by atoms with Crippen LogP contribution in [-0.2, 0) is 17.9 Å². The second-order valence-electron chi connectivity index (χ2n) is 7.05. The summed E-state index contributed by atoms with van der Waals surface area (Å²) in [5.74, 6) is -2.29. The summed E-state index contributed by atoms with van der Waals surface area (Å²) in [6.45, 7) is 1.22. The van der Waals surface area contributed by atoms with Gasteiger partial charge in [0.15, 0.2) is 0 Å². The molecule has 158 valence electrons. The van der Waals surface area contributed by atoms with Crippen molar-refractivity contribution in [3.05, 3.63) is 86.8 Å². The van der Waals surface area contributed by atoms with Crippen LogP contribution in [-0.4, -0.2) is 25.4 Å². The predicted molar refractivity (Wildman–Crippen MR) is 112 cm³/mol. The largest absolute Gasteiger partial charge is 0.480 e. The third-order valence-electron chi connectivity index (χ3n) is 5.03. The number of aromatic nitrogens is 3. The molecule has 0 amide bonds. The number of carboxylic acids is 1. The summed E-state index contributed by atoms with van der Waals surface area (Å²) in [7, 11) is 0. The highest BCUT2D eigenvalue weighted by atomic mass is 35.5. The number of hydrogen-bond acceptors (Lipinski definition) is 3. The summed E-state index contributed by atoms with van der Waals surface area (Å²) in [5.41, 5.74) is 1.75. The maximum absolute atomic E-state index is 14.1. The molecule has 0 aliphatic heterocycles. The first-order valence-electron chi connectivity index (χ1n) is 9.27. The van der Waals surface area contributed by atoms with Gasteiger partial charge in [-0.2, -0.15) is 5.10 Å². The molecule has 31 heavy (non-hydrogen) atoms. The molecule has 0 fully saturated rings. The average molecular weight is 444 g/mol. The Labute approximate surface area is 179 Å². The van der Waals surface area contributed by atoms with Gasteiger partial charge in [-0.25, -0.2) is 13.5 Å². The first-order chi connectivity index (χ1) is 14.7. The van der Waals surface area contributed by atoms with E-state index in [-0.39, 0.29) is 18.7 Å². The molecule has 0 saturated heterocycles. The number of halogens is 3. The fourth-order valence-electron chi connectivity index (χ4n) is 3.64. The zero-order valence-corrected chi connectivity index (χ0v) is 17.0. The quantitative estimate of drug-likeness (QED) is 0.500. The Hall–Kier alpha value is -3.52. The summed E-state index contributed by atoms with van der Waals surface area (Å²) >= 11 is 6.16. The predicted octanol–water partition coefficient (Wildman–Crippen LogP) is 4.24. The normalized spacial score (nSPS) is 11.2. The Morgan fingerprint density at radius 1 is 1.13 bits per heavy atom. The number of rotatable bonds is 5. The smallest absolute Gasteiger partial charge is 0.323 e. The molecule has 9 heteroatoms.